The monoisotopic (exact) mass is 588 g/mol. The van der Waals surface area contributed by atoms with Crippen LogP contribution in [0.4, 0.5) is 5.69 Å². The molecule has 31 heavy (non-hydrogen) atoms. The first-order valence-electron chi connectivity index (χ1n) is 8.97. The number of benzene rings is 2. The highest BCUT2D eigenvalue weighted by atomic mass is 127. The number of aryl methyl sites for hydroxylation is 1. The summed E-state index contributed by atoms with van der Waals surface area (Å²) in [5.41, 5.74) is 2.28. The Morgan fingerprint density at radius 2 is 2.10 bits per heavy atom. The molecule has 0 atom stereocenters. The number of halogens is 2. The quantitative estimate of drug-likeness (QED) is 0.287. The molecule has 2 amide bonds. The maximum atomic E-state index is 12.3. The zero-order valence-electron chi connectivity index (χ0n) is 16.8. The van der Waals surface area contributed by atoms with Gasteiger partial charge in [-0.1, -0.05) is 41.6 Å². The van der Waals surface area contributed by atoms with Crippen LogP contribution >= 0.6 is 58.2 Å². The second-order valence-electron chi connectivity index (χ2n) is 6.58. The highest BCUT2D eigenvalue weighted by Gasteiger charge is 2.28. The van der Waals surface area contributed by atoms with Crippen LogP contribution in [0.2, 0.25) is 5.02 Å². The molecule has 2 aromatic carbocycles. The SMILES string of the molecule is COc1cc(/C=C2\SC(=S)N(C)C2=O)cc(I)c1OCC(=O)Nc1ccc(C)c(Cl)c1. The van der Waals surface area contributed by atoms with Crippen molar-refractivity contribution < 1.29 is 19.1 Å². The molecule has 1 aliphatic rings. The first kappa shape index (κ1) is 23.8. The standard InChI is InChI=1S/C21H18ClIN2O4S2/c1-11-4-5-13(9-14(11)22)24-18(26)10-29-19-15(23)6-12(7-16(19)28-3)8-17-20(27)25(2)21(30)31-17/h4-9H,10H2,1-3H3,(H,24,26)/b17-8-. The number of methoxy groups -OCH3 is 1. The molecule has 1 fully saturated rings. The highest BCUT2D eigenvalue weighted by molar-refractivity contribution is 14.1. The van der Waals surface area contributed by atoms with Crippen molar-refractivity contribution in [2.45, 2.75) is 6.92 Å². The molecule has 0 spiro atoms. The summed E-state index contributed by atoms with van der Waals surface area (Å²) in [7, 11) is 3.16. The van der Waals surface area contributed by atoms with Crippen LogP contribution in [0.25, 0.3) is 6.08 Å². The Hall–Kier alpha value is -1.82. The molecule has 2 aromatic rings. The number of thioether (sulfide) groups is 1. The van der Waals surface area contributed by atoms with Gasteiger partial charge in [-0.2, -0.15) is 0 Å². The van der Waals surface area contributed by atoms with Crippen molar-refractivity contribution in [1.29, 1.82) is 0 Å². The van der Waals surface area contributed by atoms with Crippen molar-refractivity contribution in [2.75, 3.05) is 26.1 Å². The van der Waals surface area contributed by atoms with Crippen LogP contribution in [0, 0.1) is 10.5 Å². The summed E-state index contributed by atoms with van der Waals surface area (Å²) >= 11 is 14.6. The first-order chi connectivity index (χ1) is 14.7. The van der Waals surface area contributed by atoms with Gasteiger partial charge in [-0.3, -0.25) is 14.5 Å². The summed E-state index contributed by atoms with van der Waals surface area (Å²) in [5.74, 6) is 0.433. The molecule has 1 aliphatic heterocycles. The normalized spacial score (nSPS) is 14.9. The number of amides is 2. The summed E-state index contributed by atoms with van der Waals surface area (Å²) in [4.78, 5) is 26.5. The molecule has 0 bridgehead atoms. The first-order valence-corrected chi connectivity index (χ1v) is 11.7. The molecule has 0 aromatic heterocycles. The number of anilines is 1. The lowest BCUT2D eigenvalue weighted by molar-refractivity contribution is -0.121. The van der Waals surface area contributed by atoms with E-state index in [1.807, 2.05) is 19.1 Å². The number of thiocarbonyl (C=S) groups is 1. The van der Waals surface area contributed by atoms with Crippen LogP contribution < -0.4 is 14.8 Å². The number of ether oxygens (including phenoxy) is 2. The van der Waals surface area contributed by atoms with Gasteiger partial charge in [-0.15, -0.1) is 0 Å². The number of carbonyl (C=O) groups excluding carboxylic acids is 2. The van der Waals surface area contributed by atoms with Crippen LogP contribution in [0.5, 0.6) is 11.5 Å². The van der Waals surface area contributed by atoms with Crippen molar-refractivity contribution in [1.82, 2.24) is 4.90 Å². The maximum Gasteiger partial charge on any atom is 0.265 e. The molecule has 0 unspecified atom stereocenters. The third kappa shape index (κ3) is 5.71. The predicted molar refractivity (Wildman–Crippen MR) is 137 cm³/mol. The van der Waals surface area contributed by atoms with Crippen LogP contribution in [-0.4, -0.2) is 41.8 Å². The molecule has 1 heterocycles. The van der Waals surface area contributed by atoms with E-state index >= 15 is 0 Å². The lowest BCUT2D eigenvalue weighted by atomic mass is 10.2. The van der Waals surface area contributed by atoms with E-state index in [4.69, 9.17) is 33.3 Å². The van der Waals surface area contributed by atoms with Crippen LogP contribution in [0.15, 0.2) is 35.2 Å². The van der Waals surface area contributed by atoms with Gasteiger partial charge in [0, 0.05) is 17.8 Å². The molecule has 0 radical (unpaired) electrons. The van der Waals surface area contributed by atoms with Gasteiger partial charge < -0.3 is 14.8 Å². The van der Waals surface area contributed by atoms with Gasteiger partial charge >= 0.3 is 0 Å². The number of rotatable bonds is 6. The summed E-state index contributed by atoms with van der Waals surface area (Å²) in [6, 6.07) is 8.88. The van der Waals surface area contributed by atoms with Gasteiger partial charge in [0.15, 0.2) is 18.1 Å². The minimum atomic E-state index is -0.325. The Morgan fingerprint density at radius 3 is 2.71 bits per heavy atom. The lowest BCUT2D eigenvalue weighted by Gasteiger charge is -2.14. The van der Waals surface area contributed by atoms with Crippen LogP contribution in [0.1, 0.15) is 11.1 Å². The van der Waals surface area contributed by atoms with E-state index in [1.54, 1.807) is 31.3 Å². The predicted octanol–water partition coefficient (Wildman–Crippen LogP) is 5.11. The minimum Gasteiger partial charge on any atom is -0.493 e. The van der Waals surface area contributed by atoms with Gasteiger partial charge in [0.2, 0.25) is 0 Å². The smallest absolute Gasteiger partial charge is 0.265 e. The van der Waals surface area contributed by atoms with Gasteiger partial charge in [0.25, 0.3) is 11.8 Å². The van der Waals surface area contributed by atoms with Crippen LogP contribution in [0.3, 0.4) is 0 Å². The Morgan fingerprint density at radius 1 is 1.35 bits per heavy atom. The molecule has 0 aliphatic carbocycles. The molecule has 6 nitrogen and oxygen atoms in total. The second-order valence-corrected chi connectivity index (χ2v) is 9.82. The third-order valence-corrected chi connectivity index (χ3v) is 7.03. The summed E-state index contributed by atoms with van der Waals surface area (Å²) in [5, 5.41) is 3.33. The molecule has 1 N–H and O–H groups in total. The fourth-order valence-electron chi connectivity index (χ4n) is 2.67. The fraction of sp³-hybridized carbons (Fsp3) is 0.190. The number of nitrogens with one attached hydrogen (secondary N) is 1. The van der Waals surface area contributed by atoms with Gasteiger partial charge in [-0.25, -0.2) is 0 Å². The van der Waals surface area contributed by atoms with Gasteiger partial charge in [0.05, 0.1) is 15.6 Å². The Bertz CT molecular complexity index is 1110. The van der Waals surface area contributed by atoms with E-state index in [-0.39, 0.29) is 18.4 Å². The minimum absolute atomic E-state index is 0.141. The highest BCUT2D eigenvalue weighted by Crippen LogP contribution is 2.37. The number of hydrogen-bond donors (Lipinski definition) is 1. The Kier molecular flexibility index (Phi) is 7.84. The van der Waals surface area contributed by atoms with Crippen LogP contribution in [-0.2, 0) is 9.59 Å². The maximum absolute atomic E-state index is 12.3. The molecular formula is C21H18ClIN2O4S2. The average molecular weight is 589 g/mol. The molecular weight excluding hydrogens is 571 g/mol. The molecule has 162 valence electrons. The number of carbonyl (C=O) groups is 2. The zero-order chi connectivity index (χ0) is 22.7. The average Bonchev–Trinajstić information content (AvgIpc) is 2.96. The topological polar surface area (TPSA) is 67.9 Å². The van der Waals surface area contributed by atoms with E-state index in [2.05, 4.69) is 27.9 Å². The van der Waals surface area contributed by atoms with E-state index in [0.717, 1.165) is 14.7 Å². The fourth-order valence-corrected chi connectivity index (χ4v) is 4.81. The third-order valence-electron chi connectivity index (χ3n) is 4.34. The van der Waals surface area contributed by atoms with E-state index in [9.17, 15) is 9.59 Å². The van der Waals surface area contributed by atoms with E-state index in [1.165, 1.54) is 23.8 Å². The Balaban J connectivity index is 1.73. The molecule has 0 saturated carbocycles. The van der Waals surface area contributed by atoms with E-state index < -0.39 is 0 Å². The molecule has 1 saturated heterocycles. The second kappa shape index (κ2) is 10.2. The zero-order valence-corrected chi connectivity index (χ0v) is 21.4. The van der Waals surface area contributed by atoms with Gasteiger partial charge in [0.1, 0.15) is 4.32 Å². The summed E-state index contributed by atoms with van der Waals surface area (Å²) < 4.78 is 12.4. The van der Waals surface area contributed by atoms with Crippen molar-refractivity contribution in [3.8, 4) is 11.5 Å². The number of nitrogens with zero attached hydrogens (tertiary/aromatic N) is 1. The van der Waals surface area contributed by atoms with Crippen molar-refractivity contribution in [2.24, 2.45) is 0 Å². The number of likely N-dealkylation sites (N-methyl/N-ethyl adjacent to an activating group) is 1. The Labute approximate surface area is 208 Å². The van der Waals surface area contributed by atoms with E-state index in [0.29, 0.717) is 31.4 Å². The van der Waals surface area contributed by atoms with Gasteiger partial charge in [-0.05, 0) is 71.0 Å². The lowest BCUT2D eigenvalue weighted by Crippen LogP contribution is -2.22. The van der Waals surface area contributed by atoms with Crippen molar-refractivity contribution >= 4 is 86.1 Å². The summed E-state index contributed by atoms with van der Waals surface area (Å²) in [6.07, 6.45) is 1.76. The van der Waals surface area contributed by atoms with Crippen molar-refractivity contribution in [3.05, 3.63) is 55.0 Å². The summed E-state index contributed by atoms with van der Waals surface area (Å²) in [6.45, 7) is 1.68. The largest absolute Gasteiger partial charge is 0.493 e. The molecule has 3 rings (SSSR count). The number of hydrogen-bond acceptors (Lipinski definition) is 6. The molecule has 10 heteroatoms. The van der Waals surface area contributed by atoms with Crippen molar-refractivity contribution in [3.63, 3.8) is 0 Å².